The fourth-order valence-electron chi connectivity index (χ4n) is 1.35. The summed E-state index contributed by atoms with van der Waals surface area (Å²) >= 11 is 0. The van der Waals surface area contributed by atoms with Gasteiger partial charge in [0, 0.05) is 6.20 Å². The second-order valence-corrected chi connectivity index (χ2v) is 3.67. The van der Waals surface area contributed by atoms with Crippen LogP contribution in [0.15, 0.2) is 12.3 Å². The van der Waals surface area contributed by atoms with Crippen molar-refractivity contribution in [2.75, 3.05) is 19.4 Å². The highest BCUT2D eigenvalue weighted by atomic mass is 19.4. The molecule has 0 aliphatic rings. The first-order valence-electron chi connectivity index (χ1n) is 5.10. The summed E-state index contributed by atoms with van der Waals surface area (Å²) in [5.41, 5.74) is 5.64. The van der Waals surface area contributed by atoms with Gasteiger partial charge in [0.15, 0.2) is 0 Å². The lowest BCUT2D eigenvalue weighted by atomic mass is 10.4. The van der Waals surface area contributed by atoms with Gasteiger partial charge in [-0.25, -0.2) is 4.79 Å². The number of nitrogens with two attached hydrogens (primary N) is 1. The lowest BCUT2D eigenvalue weighted by Crippen LogP contribution is -2.36. The first-order chi connectivity index (χ1) is 8.73. The van der Waals surface area contributed by atoms with Crippen LogP contribution in [0.1, 0.15) is 10.5 Å². The van der Waals surface area contributed by atoms with Crippen molar-refractivity contribution >= 4 is 17.6 Å². The molecule has 1 amide bonds. The largest absolute Gasteiger partial charge is 0.464 e. The molecule has 1 aromatic heterocycles. The van der Waals surface area contributed by atoms with Crippen LogP contribution in [0.5, 0.6) is 0 Å². The molecular formula is C10H12F3N3O3. The minimum Gasteiger partial charge on any atom is -0.464 e. The standard InChI is InChI=1S/C10H12F3N3O3/c1-19-9(18)7-2-6(14)3-16(7)4-8(17)15-5-10(11,12)13/h2-3H,4-5,14H2,1H3,(H,15,17). The summed E-state index contributed by atoms with van der Waals surface area (Å²) in [6.45, 7) is -1.89. The van der Waals surface area contributed by atoms with Crippen LogP contribution in [0.3, 0.4) is 0 Å². The molecule has 0 aromatic carbocycles. The quantitative estimate of drug-likeness (QED) is 0.787. The number of hydrogen-bond acceptors (Lipinski definition) is 4. The number of halogens is 3. The minimum absolute atomic E-state index is 0.0119. The molecule has 0 saturated heterocycles. The SMILES string of the molecule is COC(=O)c1cc(N)cn1CC(=O)NCC(F)(F)F. The Labute approximate surface area is 106 Å². The molecule has 0 aliphatic heterocycles. The van der Waals surface area contributed by atoms with E-state index in [9.17, 15) is 22.8 Å². The molecule has 3 N–H and O–H groups in total. The van der Waals surface area contributed by atoms with Crippen LogP contribution in [0.2, 0.25) is 0 Å². The molecule has 0 aliphatic carbocycles. The van der Waals surface area contributed by atoms with Crippen LogP contribution in [-0.2, 0) is 16.1 Å². The van der Waals surface area contributed by atoms with E-state index in [0.717, 1.165) is 11.7 Å². The topological polar surface area (TPSA) is 86.3 Å². The lowest BCUT2D eigenvalue weighted by molar-refractivity contribution is -0.138. The van der Waals surface area contributed by atoms with Gasteiger partial charge in [0.1, 0.15) is 18.8 Å². The predicted molar refractivity (Wildman–Crippen MR) is 59.2 cm³/mol. The Morgan fingerprint density at radius 1 is 1.47 bits per heavy atom. The zero-order chi connectivity index (χ0) is 14.6. The van der Waals surface area contributed by atoms with Crippen LogP contribution in [0, 0.1) is 0 Å². The van der Waals surface area contributed by atoms with Crippen molar-refractivity contribution in [1.82, 2.24) is 9.88 Å². The summed E-state index contributed by atoms with van der Waals surface area (Å²) in [5, 5.41) is 1.69. The van der Waals surface area contributed by atoms with Gasteiger partial charge >= 0.3 is 12.1 Å². The fraction of sp³-hybridized carbons (Fsp3) is 0.400. The average Bonchev–Trinajstić information content (AvgIpc) is 2.65. The van der Waals surface area contributed by atoms with Gasteiger partial charge in [0.25, 0.3) is 0 Å². The number of anilines is 1. The van der Waals surface area contributed by atoms with Gasteiger partial charge in [0.05, 0.1) is 12.8 Å². The molecule has 0 atom stereocenters. The van der Waals surface area contributed by atoms with Crippen molar-refractivity contribution < 1.29 is 27.5 Å². The molecule has 6 nitrogen and oxygen atoms in total. The number of carbonyl (C=O) groups excluding carboxylic acids is 2. The summed E-state index contributed by atoms with van der Waals surface area (Å²) in [5.74, 6) is -1.63. The molecule has 0 spiro atoms. The van der Waals surface area contributed by atoms with Gasteiger partial charge in [-0.15, -0.1) is 0 Å². The van der Waals surface area contributed by atoms with Gasteiger partial charge in [-0.05, 0) is 6.07 Å². The van der Waals surface area contributed by atoms with Crippen LogP contribution in [-0.4, -0.2) is 36.3 Å². The number of rotatable bonds is 4. The number of nitrogens with zero attached hydrogens (tertiary/aromatic N) is 1. The zero-order valence-electron chi connectivity index (χ0n) is 9.95. The van der Waals surface area contributed by atoms with E-state index in [-0.39, 0.29) is 11.4 Å². The van der Waals surface area contributed by atoms with Crippen molar-refractivity contribution in [2.24, 2.45) is 0 Å². The van der Waals surface area contributed by atoms with E-state index < -0.39 is 31.1 Å². The number of alkyl halides is 3. The monoisotopic (exact) mass is 279 g/mol. The van der Waals surface area contributed by atoms with Crippen molar-refractivity contribution in [3.63, 3.8) is 0 Å². The van der Waals surface area contributed by atoms with Gasteiger partial charge in [-0.1, -0.05) is 0 Å². The lowest BCUT2D eigenvalue weighted by Gasteiger charge is -2.10. The van der Waals surface area contributed by atoms with Crippen molar-refractivity contribution in [3.8, 4) is 0 Å². The van der Waals surface area contributed by atoms with E-state index in [4.69, 9.17) is 5.73 Å². The highest BCUT2D eigenvalue weighted by Gasteiger charge is 2.27. The third kappa shape index (κ3) is 4.53. The first kappa shape index (κ1) is 14.9. The van der Waals surface area contributed by atoms with Crippen LogP contribution < -0.4 is 11.1 Å². The number of nitrogen functional groups attached to an aromatic ring is 1. The number of amides is 1. The molecule has 9 heteroatoms. The third-order valence-corrected chi connectivity index (χ3v) is 2.11. The number of esters is 1. The second kappa shape index (κ2) is 5.63. The number of ether oxygens (including phenoxy) is 1. The molecule has 1 heterocycles. The third-order valence-electron chi connectivity index (χ3n) is 2.11. The summed E-state index contributed by atoms with van der Waals surface area (Å²) in [4.78, 5) is 22.6. The molecule has 0 radical (unpaired) electrons. The van der Waals surface area contributed by atoms with E-state index in [0.29, 0.717) is 0 Å². The minimum atomic E-state index is -4.49. The second-order valence-electron chi connectivity index (χ2n) is 3.67. The van der Waals surface area contributed by atoms with Gasteiger partial charge in [-0.3, -0.25) is 4.79 Å². The Hall–Kier alpha value is -2.19. The maximum atomic E-state index is 11.9. The van der Waals surface area contributed by atoms with Crippen molar-refractivity contribution in [1.29, 1.82) is 0 Å². The van der Waals surface area contributed by atoms with Crippen LogP contribution in [0.4, 0.5) is 18.9 Å². The number of nitrogens with one attached hydrogen (secondary N) is 1. The van der Waals surface area contributed by atoms with E-state index in [1.807, 2.05) is 0 Å². The number of carbonyl (C=O) groups is 2. The molecule has 19 heavy (non-hydrogen) atoms. The molecule has 0 fully saturated rings. The molecule has 0 bridgehead atoms. The molecule has 0 unspecified atom stereocenters. The van der Waals surface area contributed by atoms with Crippen LogP contribution in [0.25, 0.3) is 0 Å². The first-order valence-corrected chi connectivity index (χ1v) is 5.10. The Morgan fingerprint density at radius 3 is 2.63 bits per heavy atom. The predicted octanol–water partition coefficient (Wildman–Crippen LogP) is 0.535. The smallest absolute Gasteiger partial charge is 0.405 e. The van der Waals surface area contributed by atoms with Crippen LogP contribution >= 0.6 is 0 Å². The summed E-state index contributed by atoms with van der Waals surface area (Å²) in [6, 6.07) is 1.27. The van der Waals surface area contributed by atoms with Crippen molar-refractivity contribution in [3.05, 3.63) is 18.0 Å². The van der Waals surface area contributed by atoms with E-state index >= 15 is 0 Å². The Morgan fingerprint density at radius 2 is 2.11 bits per heavy atom. The van der Waals surface area contributed by atoms with E-state index in [1.165, 1.54) is 12.3 Å². The Balaban J connectivity index is 2.71. The highest BCUT2D eigenvalue weighted by Crippen LogP contribution is 2.13. The normalized spacial score (nSPS) is 11.2. The number of hydrogen-bond donors (Lipinski definition) is 2. The van der Waals surface area contributed by atoms with Gasteiger partial charge in [0.2, 0.25) is 5.91 Å². The molecule has 106 valence electrons. The molecule has 1 aromatic rings. The molecule has 0 saturated carbocycles. The fourth-order valence-corrected chi connectivity index (χ4v) is 1.35. The van der Waals surface area contributed by atoms with Crippen molar-refractivity contribution in [2.45, 2.75) is 12.7 Å². The highest BCUT2D eigenvalue weighted by molar-refractivity contribution is 5.89. The summed E-state index contributed by atoms with van der Waals surface area (Å²) in [6.07, 6.45) is -3.23. The van der Waals surface area contributed by atoms with E-state index in [1.54, 1.807) is 5.32 Å². The maximum Gasteiger partial charge on any atom is 0.405 e. The summed E-state index contributed by atoms with van der Waals surface area (Å²) in [7, 11) is 1.14. The number of methoxy groups -OCH3 is 1. The Kier molecular flexibility index (Phi) is 4.41. The molecule has 1 rings (SSSR count). The van der Waals surface area contributed by atoms with Gasteiger partial charge < -0.3 is 20.4 Å². The molecular weight excluding hydrogens is 267 g/mol. The average molecular weight is 279 g/mol. The zero-order valence-corrected chi connectivity index (χ0v) is 9.95. The maximum absolute atomic E-state index is 11.9. The number of aromatic nitrogens is 1. The van der Waals surface area contributed by atoms with Gasteiger partial charge in [-0.2, -0.15) is 13.2 Å². The van der Waals surface area contributed by atoms with E-state index in [2.05, 4.69) is 4.74 Å². The Bertz CT molecular complexity index is 482. The summed E-state index contributed by atoms with van der Waals surface area (Å²) < 4.78 is 41.3.